The van der Waals surface area contributed by atoms with Crippen LogP contribution in [0.1, 0.15) is 76.4 Å². The Morgan fingerprint density at radius 1 is 0.850 bits per heavy atom. The van der Waals surface area contributed by atoms with Crippen molar-refractivity contribution in [2.24, 2.45) is 0 Å². The molecule has 0 saturated heterocycles. The van der Waals surface area contributed by atoms with E-state index in [1.807, 2.05) is 91.0 Å². The van der Waals surface area contributed by atoms with Crippen LogP contribution in [0.3, 0.4) is 0 Å². The van der Waals surface area contributed by atoms with E-state index in [-0.39, 0.29) is 30.0 Å². The van der Waals surface area contributed by atoms with Crippen LogP contribution in [0.15, 0.2) is 97.1 Å². The molecule has 6 rings (SSSR count). The van der Waals surface area contributed by atoms with Crippen LogP contribution >= 0.6 is 0 Å². The quantitative estimate of drug-likeness (QED) is 0.234. The van der Waals surface area contributed by atoms with E-state index in [9.17, 15) is 9.59 Å². The Morgan fingerprint density at radius 2 is 1.48 bits per heavy atom. The van der Waals surface area contributed by atoms with E-state index in [0.29, 0.717) is 48.5 Å². The first-order valence-electron chi connectivity index (χ1n) is 13.9. The molecule has 4 aromatic carbocycles. The summed E-state index contributed by atoms with van der Waals surface area (Å²) in [4.78, 5) is 26.9. The molecule has 0 amide bonds. The average molecular weight is 533 g/mol. The third-order valence-corrected chi connectivity index (χ3v) is 7.90. The fourth-order valence-electron chi connectivity index (χ4n) is 5.91. The predicted octanol–water partition coefficient (Wildman–Crippen LogP) is 7.60. The zero-order valence-corrected chi connectivity index (χ0v) is 22.5. The number of hydrogen-bond acceptors (Lipinski definition) is 5. The van der Waals surface area contributed by atoms with Gasteiger partial charge in [-0.1, -0.05) is 91.0 Å². The normalized spacial score (nSPS) is 19.5. The van der Waals surface area contributed by atoms with Crippen molar-refractivity contribution in [2.45, 2.75) is 50.2 Å². The number of methoxy groups -OCH3 is 1. The summed E-state index contributed by atoms with van der Waals surface area (Å²) in [5.41, 5.74) is 4.37. The third-order valence-electron chi connectivity index (χ3n) is 7.90. The van der Waals surface area contributed by atoms with Crippen molar-refractivity contribution >= 4 is 11.6 Å². The number of hydrogen-bond donors (Lipinski definition) is 0. The summed E-state index contributed by atoms with van der Waals surface area (Å²) in [5.74, 6) is 1.52. The zero-order chi connectivity index (χ0) is 27.5. The minimum absolute atomic E-state index is 0.0332. The summed E-state index contributed by atoms with van der Waals surface area (Å²) >= 11 is 0. The molecule has 0 radical (unpaired) electrons. The third kappa shape index (κ3) is 5.24. The van der Waals surface area contributed by atoms with Crippen molar-refractivity contribution in [2.75, 3.05) is 7.11 Å². The molecule has 40 heavy (non-hydrogen) atoms. The van der Waals surface area contributed by atoms with Gasteiger partial charge < -0.3 is 14.2 Å². The summed E-state index contributed by atoms with van der Waals surface area (Å²) < 4.78 is 18.9. The molecule has 0 spiro atoms. The largest absolute Gasteiger partial charge is 0.496 e. The molecule has 5 heteroatoms. The Morgan fingerprint density at radius 3 is 2.12 bits per heavy atom. The monoisotopic (exact) mass is 532 g/mol. The van der Waals surface area contributed by atoms with Crippen LogP contribution < -0.4 is 14.2 Å². The molecule has 5 nitrogen and oxygen atoms in total. The van der Waals surface area contributed by atoms with E-state index in [1.54, 1.807) is 13.2 Å². The van der Waals surface area contributed by atoms with Crippen LogP contribution in [0, 0.1) is 0 Å². The second-order valence-electron chi connectivity index (χ2n) is 10.5. The van der Waals surface area contributed by atoms with Crippen LogP contribution in [0.2, 0.25) is 0 Å². The number of Topliss-reactive ketones (excluding diaryl/α,β-unsaturated/α-hetero) is 2. The van der Waals surface area contributed by atoms with Crippen molar-refractivity contribution in [1.82, 2.24) is 0 Å². The van der Waals surface area contributed by atoms with Gasteiger partial charge in [0.2, 0.25) is 0 Å². The van der Waals surface area contributed by atoms with Gasteiger partial charge in [-0.3, -0.25) is 9.59 Å². The molecule has 202 valence electrons. The van der Waals surface area contributed by atoms with Gasteiger partial charge in [0.25, 0.3) is 0 Å². The molecule has 3 atom stereocenters. The smallest absolute Gasteiger partial charge is 0.174 e. The number of carbonyl (C=O) groups is 2. The maximum Gasteiger partial charge on any atom is 0.174 e. The van der Waals surface area contributed by atoms with Crippen LogP contribution in [0.25, 0.3) is 0 Å². The Labute approximate surface area is 234 Å². The van der Waals surface area contributed by atoms with E-state index in [0.717, 1.165) is 22.3 Å². The molecule has 4 aromatic rings. The Balaban J connectivity index is 1.39. The number of carbonyl (C=O) groups excluding carboxylic acids is 2. The van der Waals surface area contributed by atoms with Crippen molar-refractivity contribution in [3.63, 3.8) is 0 Å². The van der Waals surface area contributed by atoms with Crippen molar-refractivity contribution in [3.8, 4) is 17.2 Å². The fraction of sp³-hybridized carbons (Fsp3) is 0.257. The molecular weight excluding hydrogens is 500 g/mol. The summed E-state index contributed by atoms with van der Waals surface area (Å²) in [6.45, 7) is 0. The molecule has 2 heterocycles. The lowest BCUT2D eigenvalue weighted by molar-refractivity contribution is -0.119. The highest BCUT2D eigenvalue weighted by Gasteiger charge is 2.40. The summed E-state index contributed by atoms with van der Waals surface area (Å²) in [5, 5.41) is 0. The van der Waals surface area contributed by atoms with Crippen molar-refractivity contribution in [3.05, 3.63) is 125 Å². The first-order chi connectivity index (χ1) is 19.6. The lowest BCUT2D eigenvalue weighted by Crippen LogP contribution is -2.27. The van der Waals surface area contributed by atoms with Gasteiger partial charge in [0.15, 0.2) is 5.78 Å². The molecule has 0 aromatic heterocycles. The average Bonchev–Trinajstić information content (AvgIpc) is 3.00. The second-order valence-corrected chi connectivity index (χ2v) is 10.5. The zero-order valence-electron chi connectivity index (χ0n) is 22.5. The van der Waals surface area contributed by atoms with Crippen LogP contribution in [-0.2, 0) is 11.2 Å². The maximum absolute atomic E-state index is 13.5. The highest BCUT2D eigenvalue weighted by atomic mass is 16.5. The van der Waals surface area contributed by atoms with Gasteiger partial charge in [-0.2, -0.15) is 0 Å². The minimum Gasteiger partial charge on any atom is -0.496 e. The first kappa shape index (κ1) is 25.9. The number of benzene rings is 4. The van der Waals surface area contributed by atoms with Gasteiger partial charge in [-0.15, -0.1) is 0 Å². The molecule has 0 N–H and O–H groups in total. The van der Waals surface area contributed by atoms with Gasteiger partial charge in [-0.25, -0.2) is 0 Å². The molecule has 0 aliphatic carbocycles. The van der Waals surface area contributed by atoms with Crippen molar-refractivity contribution < 1.29 is 23.8 Å². The SMILES string of the molecule is COc1cc2c(c3c1C(=O)C[C@@H](c1ccccc1)O3)[C@@H](CC(=O)CCc1ccccc1)C[C@H](c1ccccc1)O2. The maximum atomic E-state index is 13.5. The fourth-order valence-corrected chi connectivity index (χ4v) is 5.91. The lowest BCUT2D eigenvalue weighted by atomic mass is 9.80. The van der Waals surface area contributed by atoms with E-state index in [4.69, 9.17) is 14.2 Å². The first-order valence-corrected chi connectivity index (χ1v) is 13.9. The summed E-state index contributed by atoms with van der Waals surface area (Å²) in [7, 11) is 1.56. The van der Waals surface area contributed by atoms with Crippen LogP contribution in [0.5, 0.6) is 17.2 Å². The number of aryl methyl sites for hydroxylation is 1. The van der Waals surface area contributed by atoms with Gasteiger partial charge in [0, 0.05) is 30.4 Å². The van der Waals surface area contributed by atoms with Crippen molar-refractivity contribution in [1.29, 1.82) is 0 Å². The Kier molecular flexibility index (Phi) is 7.37. The van der Waals surface area contributed by atoms with Gasteiger partial charge >= 0.3 is 0 Å². The number of ketones is 2. The molecule has 2 aliphatic heterocycles. The number of fused-ring (bicyclic) bond motifs is 3. The summed E-state index contributed by atoms with van der Waals surface area (Å²) in [6.07, 6.45) is 1.69. The Bertz CT molecular complexity index is 1500. The van der Waals surface area contributed by atoms with E-state index in [2.05, 4.69) is 0 Å². The molecule has 0 fully saturated rings. The van der Waals surface area contributed by atoms with E-state index >= 15 is 0 Å². The van der Waals surface area contributed by atoms with Gasteiger partial charge in [0.05, 0.1) is 13.5 Å². The van der Waals surface area contributed by atoms with Crippen LogP contribution in [0.4, 0.5) is 0 Å². The number of ether oxygens (including phenoxy) is 3. The lowest BCUT2D eigenvalue weighted by Gasteiger charge is -2.37. The molecule has 0 unspecified atom stereocenters. The molecule has 2 aliphatic rings. The Hall–Kier alpha value is -4.38. The van der Waals surface area contributed by atoms with Gasteiger partial charge in [0.1, 0.15) is 40.8 Å². The molecule has 0 bridgehead atoms. The molecule has 0 saturated carbocycles. The summed E-state index contributed by atoms with van der Waals surface area (Å²) in [6, 6.07) is 31.7. The molecular formula is C35H32O5. The van der Waals surface area contributed by atoms with E-state index < -0.39 is 6.10 Å². The van der Waals surface area contributed by atoms with E-state index in [1.165, 1.54) is 0 Å². The van der Waals surface area contributed by atoms with Gasteiger partial charge in [-0.05, 0) is 29.5 Å². The predicted molar refractivity (Wildman–Crippen MR) is 153 cm³/mol. The topological polar surface area (TPSA) is 61.8 Å². The van der Waals surface area contributed by atoms with Crippen LogP contribution in [-0.4, -0.2) is 18.7 Å². The standard InChI is InChI=1S/C35H32O5/c1-38-31-22-32-33(35-34(31)28(37)21-30(40-35)25-15-9-4-10-16-25)26(20-29(39-32)24-13-7-3-8-14-24)19-27(36)18-17-23-11-5-2-6-12-23/h2-16,22,26,29-30H,17-21H2,1H3/t26-,29+,30-/m0/s1. The second kappa shape index (κ2) is 11.4. The highest BCUT2D eigenvalue weighted by Crippen LogP contribution is 2.54. The number of rotatable bonds is 8. The highest BCUT2D eigenvalue weighted by molar-refractivity contribution is 6.03. The minimum atomic E-state index is -0.418.